The van der Waals surface area contributed by atoms with E-state index in [-0.39, 0.29) is 29.4 Å². The van der Waals surface area contributed by atoms with Crippen molar-refractivity contribution in [3.05, 3.63) is 41.5 Å². The second kappa shape index (κ2) is 8.15. The van der Waals surface area contributed by atoms with E-state index in [0.717, 1.165) is 0 Å². The first-order chi connectivity index (χ1) is 11.9. The van der Waals surface area contributed by atoms with Crippen LogP contribution in [0.25, 0.3) is 0 Å². The normalized spacial score (nSPS) is 18.7. The van der Waals surface area contributed by atoms with Crippen LogP contribution in [0.3, 0.4) is 0 Å². The van der Waals surface area contributed by atoms with Crippen LogP contribution in [-0.4, -0.2) is 43.5 Å². The average molecular weight is 400 g/mol. The molecule has 0 aliphatic carbocycles. The van der Waals surface area contributed by atoms with Crippen LogP contribution in [0.2, 0.25) is 0 Å². The number of benzene rings is 1. The zero-order valence-corrected chi connectivity index (χ0v) is 16.4. The van der Waals surface area contributed by atoms with Crippen LogP contribution in [0.1, 0.15) is 31.1 Å². The van der Waals surface area contributed by atoms with Crippen LogP contribution in [-0.2, 0) is 22.9 Å². The Balaban J connectivity index is 0.00000243. The van der Waals surface area contributed by atoms with Gasteiger partial charge in [0.1, 0.15) is 5.84 Å². The summed E-state index contributed by atoms with van der Waals surface area (Å²) in [6.45, 7) is 3.91. The summed E-state index contributed by atoms with van der Waals surface area (Å²) in [7, 11) is -1.65. The molecule has 1 aliphatic heterocycles. The third-order valence-corrected chi connectivity index (χ3v) is 5.37. The maximum absolute atomic E-state index is 12.1. The van der Waals surface area contributed by atoms with Crippen molar-refractivity contribution in [2.45, 2.75) is 43.7 Å². The summed E-state index contributed by atoms with van der Waals surface area (Å²) < 4.78 is 32.0. The maximum Gasteiger partial charge on any atom is 0.263 e. The Labute approximate surface area is 158 Å². The molecular formula is C16H22ClN5O3S. The van der Waals surface area contributed by atoms with Crippen molar-refractivity contribution < 1.29 is 12.9 Å². The minimum atomic E-state index is -3.52. The molecule has 2 atom stereocenters. The lowest BCUT2D eigenvalue weighted by Gasteiger charge is -2.05. The number of nitrogens with one attached hydrogen (secondary N) is 2. The predicted octanol–water partition coefficient (Wildman–Crippen LogP) is 1.31. The lowest BCUT2D eigenvalue weighted by atomic mass is 10.2. The Bertz CT molecular complexity index is 897. The van der Waals surface area contributed by atoms with Crippen LogP contribution < -0.4 is 10.0 Å². The molecule has 0 radical (unpaired) electrons. The van der Waals surface area contributed by atoms with E-state index in [1.54, 1.807) is 24.3 Å². The summed E-state index contributed by atoms with van der Waals surface area (Å²) in [6.07, 6.45) is 1.12. The molecule has 2 aromatic rings. The molecule has 0 saturated carbocycles. The molecule has 1 aromatic heterocycles. The minimum absolute atomic E-state index is 0. The number of hydrogen-bond acceptors (Lipinski definition) is 7. The molecule has 0 saturated heterocycles. The van der Waals surface area contributed by atoms with Gasteiger partial charge in [-0.3, -0.25) is 9.71 Å². The number of rotatable bonds is 6. The number of likely N-dealkylation sites (N-methyl/N-ethyl adjacent to an activating group) is 1. The van der Waals surface area contributed by atoms with Gasteiger partial charge < -0.3 is 9.84 Å². The molecule has 1 aromatic carbocycles. The number of sulfonamides is 1. The highest BCUT2D eigenvalue weighted by molar-refractivity contribution is 7.90. The molecule has 3 rings (SSSR count). The summed E-state index contributed by atoms with van der Waals surface area (Å²) in [6, 6.07) is 6.83. The number of aromatic nitrogens is 2. The van der Waals surface area contributed by atoms with Crippen molar-refractivity contribution in [1.29, 1.82) is 0 Å². The number of aliphatic imine (C=N–C) groups is 1. The smallest absolute Gasteiger partial charge is 0.263 e. The van der Waals surface area contributed by atoms with Crippen molar-refractivity contribution in [2.24, 2.45) is 4.99 Å². The van der Waals surface area contributed by atoms with E-state index >= 15 is 0 Å². The van der Waals surface area contributed by atoms with Crippen LogP contribution in [0.15, 0.2) is 38.7 Å². The van der Waals surface area contributed by atoms with Gasteiger partial charge in [-0.1, -0.05) is 17.3 Å². The molecule has 2 unspecified atom stereocenters. The fraction of sp³-hybridized carbons (Fsp3) is 0.438. The van der Waals surface area contributed by atoms with Crippen molar-refractivity contribution in [2.75, 3.05) is 7.05 Å². The summed E-state index contributed by atoms with van der Waals surface area (Å²) >= 11 is 0. The molecule has 0 spiro atoms. The van der Waals surface area contributed by atoms with Gasteiger partial charge in [-0.15, -0.1) is 12.4 Å². The molecular weight excluding hydrogens is 378 g/mol. The van der Waals surface area contributed by atoms with Gasteiger partial charge in [-0.05, 0) is 33.0 Å². The largest absolute Gasteiger partial charge is 0.339 e. The minimum Gasteiger partial charge on any atom is -0.339 e. The first-order valence-electron chi connectivity index (χ1n) is 8.08. The third-order valence-electron chi connectivity index (χ3n) is 3.97. The van der Waals surface area contributed by atoms with Crippen LogP contribution >= 0.6 is 12.4 Å². The monoisotopic (exact) mass is 399 g/mol. The Morgan fingerprint density at radius 3 is 2.73 bits per heavy atom. The predicted molar refractivity (Wildman–Crippen MR) is 100 cm³/mol. The zero-order valence-electron chi connectivity index (χ0n) is 14.8. The number of nitrogens with zero attached hydrogens (tertiary/aromatic N) is 3. The topological polar surface area (TPSA) is 109 Å². The van der Waals surface area contributed by atoms with Gasteiger partial charge in [-0.25, -0.2) is 8.42 Å². The highest BCUT2D eigenvalue weighted by Crippen LogP contribution is 2.22. The summed E-state index contributed by atoms with van der Waals surface area (Å²) in [5.74, 6) is 1.49. The van der Waals surface area contributed by atoms with Crippen LogP contribution in [0.5, 0.6) is 0 Å². The van der Waals surface area contributed by atoms with Gasteiger partial charge in [0.15, 0.2) is 5.82 Å². The second-order valence-corrected chi connectivity index (χ2v) is 7.78. The van der Waals surface area contributed by atoms with Crippen LogP contribution in [0, 0.1) is 0 Å². The Kier molecular flexibility index (Phi) is 6.38. The number of amidine groups is 1. The zero-order chi connectivity index (χ0) is 18.0. The highest BCUT2D eigenvalue weighted by atomic mass is 35.5. The van der Waals surface area contributed by atoms with Gasteiger partial charge in [-0.2, -0.15) is 4.98 Å². The van der Waals surface area contributed by atoms with E-state index < -0.39 is 10.0 Å². The molecule has 8 nitrogen and oxygen atoms in total. The molecule has 10 heteroatoms. The van der Waals surface area contributed by atoms with E-state index in [1.807, 2.05) is 20.9 Å². The maximum atomic E-state index is 12.1. The Morgan fingerprint density at radius 1 is 1.27 bits per heavy atom. The lowest BCUT2D eigenvalue weighted by Crippen LogP contribution is -2.24. The summed E-state index contributed by atoms with van der Waals surface area (Å²) in [5, 5.41) is 7.08. The SMILES string of the molecule is CNC(C)Cc1noc(CC(C)N=C2NS(=O)(=O)c3ccccc32)n1.Cl. The van der Waals surface area contributed by atoms with Crippen molar-refractivity contribution in [1.82, 2.24) is 20.2 Å². The lowest BCUT2D eigenvalue weighted by molar-refractivity contribution is 0.365. The summed E-state index contributed by atoms with van der Waals surface area (Å²) in [4.78, 5) is 9.09. The molecule has 2 heterocycles. The van der Waals surface area contributed by atoms with E-state index in [9.17, 15) is 8.42 Å². The fourth-order valence-corrected chi connectivity index (χ4v) is 3.82. The van der Waals surface area contributed by atoms with Gasteiger partial charge >= 0.3 is 0 Å². The molecule has 0 amide bonds. The first-order valence-corrected chi connectivity index (χ1v) is 9.56. The molecule has 26 heavy (non-hydrogen) atoms. The van der Waals surface area contributed by atoms with E-state index in [0.29, 0.717) is 36.0 Å². The molecule has 0 fully saturated rings. The van der Waals surface area contributed by atoms with Crippen molar-refractivity contribution in [3.8, 4) is 0 Å². The van der Waals surface area contributed by atoms with Crippen molar-refractivity contribution in [3.63, 3.8) is 0 Å². The number of fused-ring (bicyclic) bond motifs is 1. The average Bonchev–Trinajstić information content (AvgIpc) is 3.10. The fourth-order valence-electron chi connectivity index (χ4n) is 2.58. The molecule has 2 N–H and O–H groups in total. The number of hydrogen-bond donors (Lipinski definition) is 2. The summed E-state index contributed by atoms with van der Waals surface area (Å²) in [5.41, 5.74) is 0.586. The number of halogens is 1. The first kappa shape index (κ1) is 20.3. The van der Waals surface area contributed by atoms with Gasteiger partial charge in [0, 0.05) is 24.4 Å². The Morgan fingerprint density at radius 2 is 2.00 bits per heavy atom. The Hall–Kier alpha value is -1.97. The molecule has 142 valence electrons. The third kappa shape index (κ3) is 4.40. The standard InChI is InChI=1S/C16H21N5O3S.ClH/c1-10(17-3)8-14-19-15(24-20-14)9-11(2)18-16-12-6-4-5-7-13(12)25(22,23)21-16;/h4-7,10-11,17H,8-9H2,1-3H3,(H,18,21);1H. The van der Waals surface area contributed by atoms with Gasteiger partial charge in [0.25, 0.3) is 10.0 Å². The molecule has 0 bridgehead atoms. The van der Waals surface area contributed by atoms with Crippen LogP contribution in [0.4, 0.5) is 0 Å². The van der Waals surface area contributed by atoms with Gasteiger partial charge in [0.2, 0.25) is 5.89 Å². The van der Waals surface area contributed by atoms with E-state index in [2.05, 4.69) is 25.2 Å². The van der Waals surface area contributed by atoms with Crippen molar-refractivity contribution >= 4 is 28.3 Å². The van der Waals surface area contributed by atoms with Gasteiger partial charge in [0.05, 0.1) is 10.9 Å². The quantitative estimate of drug-likeness (QED) is 0.757. The van der Waals surface area contributed by atoms with E-state index in [1.165, 1.54) is 0 Å². The molecule has 1 aliphatic rings. The second-order valence-electron chi connectivity index (χ2n) is 6.13. The highest BCUT2D eigenvalue weighted by Gasteiger charge is 2.30. The van der Waals surface area contributed by atoms with E-state index in [4.69, 9.17) is 4.52 Å².